The summed E-state index contributed by atoms with van der Waals surface area (Å²) in [5.74, 6) is -5.72. The van der Waals surface area contributed by atoms with Crippen molar-refractivity contribution in [3.63, 3.8) is 0 Å². The molecule has 1 aliphatic carbocycles. The van der Waals surface area contributed by atoms with E-state index >= 15 is 0 Å². The number of aliphatic hydroxyl groups is 2. The molecule has 12 nitrogen and oxygen atoms in total. The van der Waals surface area contributed by atoms with Gasteiger partial charge in [-0.3, -0.25) is 4.79 Å². The van der Waals surface area contributed by atoms with Crippen LogP contribution in [0.15, 0.2) is 59.5 Å². The molecule has 0 amide bonds. The third kappa shape index (κ3) is 5.05. The Morgan fingerprint density at radius 3 is 2.36 bits per heavy atom. The smallest absolute Gasteiger partial charge is 0.341 e. The summed E-state index contributed by atoms with van der Waals surface area (Å²) in [6.45, 7) is 1.81. The number of hydrogen-bond donors (Lipinski definition) is 2. The molecule has 12 heteroatoms. The lowest BCUT2D eigenvalue weighted by Crippen LogP contribution is -2.52. The molecular weight excluding hydrogens is 574 g/mol. The SMILES string of the molecule is COC(=O)c1c(OC)cc2cc(C(OC)OC)c(C3=NO[C@@H]4C=C(OC)C(O)(O)C(=O)[C@H]34)c(OCc3ccccc3)c2c1C. The molecule has 2 atom stereocenters. The van der Waals surface area contributed by atoms with Crippen LogP contribution in [-0.4, -0.2) is 75.1 Å². The van der Waals surface area contributed by atoms with Crippen LogP contribution in [0.3, 0.4) is 0 Å². The Labute approximate surface area is 253 Å². The lowest BCUT2D eigenvalue weighted by atomic mass is 9.78. The molecule has 0 spiro atoms. The number of carbonyl (C=O) groups excluding carboxylic acids is 2. The number of ketones is 1. The summed E-state index contributed by atoms with van der Waals surface area (Å²) in [6.07, 6.45) is -0.696. The maximum absolute atomic E-state index is 13.6. The Balaban J connectivity index is 1.85. The van der Waals surface area contributed by atoms with Gasteiger partial charge in [0.2, 0.25) is 5.78 Å². The molecule has 2 aliphatic rings. The largest absolute Gasteiger partial charge is 0.496 e. The van der Waals surface area contributed by atoms with Gasteiger partial charge in [-0.2, -0.15) is 0 Å². The van der Waals surface area contributed by atoms with Crippen molar-refractivity contribution < 1.29 is 53.1 Å². The molecule has 2 N–H and O–H groups in total. The molecule has 0 unspecified atom stereocenters. The number of hydrogen-bond acceptors (Lipinski definition) is 12. The first-order valence-electron chi connectivity index (χ1n) is 13.6. The number of nitrogens with zero attached hydrogens (tertiary/aromatic N) is 1. The van der Waals surface area contributed by atoms with E-state index in [9.17, 15) is 19.8 Å². The summed E-state index contributed by atoms with van der Waals surface area (Å²) in [5.41, 5.74) is 2.19. The predicted molar refractivity (Wildman–Crippen MR) is 156 cm³/mol. The summed E-state index contributed by atoms with van der Waals surface area (Å²) in [6, 6.07) is 12.8. The van der Waals surface area contributed by atoms with Gasteiger partial charge in [0.1, 0.15) is 35.3 Å². The summed E-state index contributed by atoms with van der Waals surface area (Å²) < 4.78 is 33.6. The minimum atomic E-state index is -2.93. The monoisotopic (exact) mass is 607 g/mol. The number of oxime groups is 1. The normalized spacial score (nSPS) is 18.8. The second-order valence-electron chi connectivity index (χ2n) is 10.2. The van der Waals surface area contributed by atoms with Gasteiger partial charge in [0.25, 0.3) is 5.79 Å². The van der Waals surface area contributed by atoms with Gasteiger partial charge in [-0.25, -0.2) is 4.79 Å². The van der Waals surface area contributed by atoms with Crippen LogP contribution in [0.2, 0.25) is 0 Å². The van der Waals surface area contributed by atoms with Crippen molar-refractivity contribution in [1.29, 1.82) is 0 Å². The summed E-state index contributed by atoms with van der Waals surface area (Å²) in [7, 11) is 6.82. The molecule has 1 aliphatic heterocycles. The molecule has 232 valence electrons. The average Bonchev–Trinajstić information content (AvgIpc) is 3.45. The number of methoxy groups -OCH3 is 5. The second kappa shape index (κ2) is 12.2. The molecule has 0 fully saturated rings. The van der Waals surface area contributed by atoms with Crippen LogP contribution in [0.4, 0.5) is 0 Å². The zero-order chi connectivity index (χ0) is 31.8. The molecule has 0 radical (unpaired) electrons. The zero-order valence-electron chi connectivity index (χ0n) is 25.1. The number of carbonyl (C=O) groups is 2. The van der Waals surface area contributed by atoms with E-state index in [-0.39, 0.29) is 40.7 Å². The lowest BCUT2D eigenvalue weighted by Gasteiger charge is -2.32. The summed E-state index contributed by atoms with van der Waals surface area (Å²) in [4.78, 5) is 32.3. The van der Waals surface area contributed by atoms with Gasteiger partial charge in [0.05, 0.1) is 26.9 Å². The van der Waals surface area contributed by atoms with Crippen LogP contribution >= 0.6 is 0 Å². The fourth-order valence-corrected chi connectivity index (χ4v) is 5.72. The molecule has 3 aromatic rings. The molecule has 0 bridgehead atoms. The number of aryl methyl sites for hydroxylation is 1. The molecule has 3 aromatic carbocycles. The first-order chi connectivity index (χ1) is 21.1. The Morgan fingerprint density at radius 1 is 1.05 bits per heavy atom. The number of esters is 1. The zero-order valence-corrected chi connectivity index (χ0v) is 25.1. The minimum Gasteiger partial charge on any atom is -0.496 e. The van der Waals surface area contributed by atoms with Gasteiger partial charge in [0.15, 0.2) is 18.2 Å². The first-order valence-corrected chi connectivity index (χ1v) is 13.6. The molecule has 1 heterocycles. The molecule has 44 heavy (non-hydrogen) atoms. The molecule has 0 saturated carbocycles. The van der Waals surface area contributed by atoms with Crippen molar-refractivity contribution in [2.24, 2.45) is 11.1 Å². The van der Waals surface area contributed by atoms with Gasteiger partial charge in [0, 0.05) is 31.2 Å². The van der Waals surface area contributed by atoms with E-state index in [1.54, 1.807) is 19.1 Å². The van der Waals surface area contributed by atoms with E-state index in [1.165, 1.54) is 41.6 Å². The van der Waals surface area contributed by atoms with Crippen LogP contribution in [0.5, 0.6) is 11.5 Å². The van der Waals surface area contributed by atoms with Crippen molar-refractivity contribution in [2.45, 2.75) is 31.7 Å². The Hall–Kier alpha value is -4.49. The van der Waals surface area contributed by atoms with Crippen LogP contribution in [0, 0.1) is 12.8 Å². The first kappa shape index (κ1) is 31.0. The van der Waals surface area contributed by atoms with Gasteiger partial charge >= 0.3 is 5.97 Å². The van der Waals surface area contributed by atoms with E-state index in [4.69, 9.17) is 33.3 Å². The highest BCUT2D eigenvalue weighted by molar-refractivity contribution is 6.21. The van der Waals surface area contributed by atoms with E-state index < -0.39 is 35.9 Å². The molecular formula is C32H33NO11. The van der Waals surface area contributed by atoms with Crippen molar-refractivity contribution in [2.75, 3.05) is 35.5 Å². The molecule has 0 saturated heterocycles. The molecule has 5 rings (SSSR count). The number of ether oxygens (including phenoxy) is 6. The number of benzene rings is 3. The Bertz CT molecular complexity index is 1660. The minimum absolute atomic E-state index is 0.0489. The van der Waals surface area contributed by atoms with E-state index in [0.717, 1.165) is 5.56 Å². The van der Waals surface area contributed by atoms with Crippen molar-refractivity contribution in [3.8, 4) is 11.5 Å². The highest BCUT2D eigenvalue weighted by Crippen LogP contribution is 2.46. The lowest BCUT2D eigenvalue weighted by molar-refractivity contribution is -0.187. The Morgan fingerprint density at radius 2 is 1.75 bits per heavy atom. The summed E-state index contributed by atoms with van der Waals surface area (Å²) in [5, 5.41) is 26.9. The second-order valence-corrected chi connectivity index (χ2v) is 10.2. The van der Waals surface area contributed by atoms with E-state index in [1.807, 2.05) is 30.3 Å². The van der Waals surface area contributed by atoms with Gasteiger partial charge in [-0.15, -0.1) is 0 Å². The van der Waals surface area contributed by atoms with E-state index in [0.29, 0.717) is 21.9 Å². The van der Waals surface area contributed by atoms with Crippen molar-refractivity contribution in [1.82, 2.24) is 0 Å². The number of Topliss-reactive ketones (excluding diaryl/α,β-unsaturated/α-hetero) is 1. The van der Waals surface area contributed by atoms with Gasteiger partial charge in [-0.05, 0) is 35.6 Å². The van der Waals surface area contributed by atoms with Crippen molar-refractivity contribution in [3.05, 3.63) is 82.1 Å². The van der Waals surface area contributed by atoms with Crippen molar-refractivity contribution >= 4 is 28.2 Å². The van der Waals surface area contributed by atoms with Crippen LogP contribution < -0.4 is 9.47 Å². The quantitative estimate of drug-likeness (QED) is 0.258. The van der Waals surface area contributed by atoms with Gasteiger partial charge < -0.3 is 43.5 Å². The average molecular weight is 608 g/mol. The van der Waals surface area contributed by atoms with E-state index in [2.05, 4.69) is 5.16 Å². The predicted octanol–water partition coefficient (Wildman–Crippen LogP) is 3.33. The third-order valence-electron chi connectivity index (χ3n) is 7.80. The maximum atomic E-state index is 13.6. The Kier molecular flexibility index (Phi) is 8.62. The third-order valence-corrected chi connectivity index (χ3v) is 7.80. The van der Waals surface area contributed by atoms with Crippen LogP contribution in [0.1, 0.15) is 38.9 Å². The van der Waals surface area contributed by atoms with Crippen LogP contribution in [0.25, 0.3) is 10.8 Å². The number of rotatable bonds is 10. The fourth-order valence-electron chi connectivity index (χ4n) is 5.72. The highest BCUT2D eigenvalue weighted by atomic mass is 16.7. The van der Waals surface area contributed by atoms with Gasteiger partial charge in [-0.1, -0.05) is 35.5 Å². The highest BCUT2D eigenvalue weighted by Gasteiger charge is 2.56. The van der Waals surface area contributed by atoms with Crippen LogP contribution in [-0.2, 0) is 35.2 Å². The standard InChI is InChI=1S/C32H33NO11/c1-16-23-18(13-20(38-2)24(16)30(35)40-4)12-19(31(41-5)42-6)25(28(23)43-15-17-10-8-7-9-11-17)27-26-21(44-33-27)14-22(39-3)32(36,37)29(26)34/h7-14,21,26,31,36-37H,15H2,1-6H3/t21-,26+/m1/s1. The maximum Gasteiger partial charge on any atom is 0.341 e. The fraction of sp³-hybridized carbons (Fsp3) is 0.344. The summed E-state index contributed by atoms with van der Waals surface area (Å²) >= 11 is 0. The number of fused-ring (bicyclic) bond motifs is 2. The topological polar surface area (TPSA) is 152 Å². The molecule has 0 aromatic heterocycles.